The molecule has 0 aliphatic carbocycles. The topological polar surface area (TPSA) is 20.2 Å². The molecule has 1 aromatic rings. The first kappa shape index (κ1) is 13.1. The predicted molar refractivity (Wildman–Crippen MR) is 60.0 cm³/mol. The van der Waals surface area contributed by atoms with Crippen molar-refractivity contribution >= 4 is 0 Å². The van der Waals surface area contributed by atoms with Crippen LogP contribution >= 0.6 is 0 Å². The van der Waals surface area contributed by atoms with Gasteiger partial charge in [-0.05, 0) is 24.3 Å². The van der Waals surface area contributed by atoms with Crippen LogP contribution in [0, 0.1) is 17.0 Å². The van der Waals surface area contributed by atoms with Gasteiger partial charge >= 0.3 is 0 Å². The fraction of sp³-hybridized carbons (Fsp3) is 0.538. The van der Waals surface area contributed by atoms with E-state index >= 15 is 0 Å². The van der Waals surface area contributed by atoms with Gasteiger partial charge in [-0.1, -0.05) is 32.9 Å². The average molecular weight is 228 g/mol. The van der Waals surface area contributed by atoms with Gasteiger partial charge in [-0.2, -0.15) is 0 Å². The molecule has 0 unspecified atom stereocenters. The Morgan fingerprint density at radius 1 is 1.25 bits per heavy atom. The SMILES string of the molecule is CC(C)(C)CC[C@H](O)c1cccc(F)c1F. The number of halogens is 2. The van der Waals surface area contributed by atoms with E-state index in [0.29, 0.717) is 6.42 Å². The summed E-state index contributed by atoms with van der Waals surface area (Å²) in [4.78, 5) is 0. The molecule has 3 heteroatoms. The third kappa shape index (κ3) is 3.56. The van der Waals surface area contributed by atoms with Gasteiger partial charge in [-0.15, -0.1) is 0 Å². The van der Waals surface area contributed by atoms with Crippen LogP contribution in [0.1, 0.15) is 45.3 Å². The molecule has 1 atom stereocenters. The van der Waals surface area contributed by atoms with E-state index in [2.05, 4.69) is 0 Å². The second kappa shape index (κ2) is 4.91. The molecular weight excluding hydrogens is 210 g/mol. The number of benzene rings is 1. The van der Waals surface area contributed by atoms with Crippen LogP contribution in [0.4, 0.5) is 8.78 Å². The Balaban J connectivity index is 2.73. The zero-order chi connectivity index (χ0) is 12.3. The lowest BCUT2D eigenvalue weighted by Gasteiger charge is -2.20. The highest BCUT2D eigenvalue weighted by Crippen LogP contribution is 2.28. The first-order chi connectivity index (χ1) is 7.31. The van der Waals surface area contributed by atoms with Crippen molar-refractivity contribution in [3.05, 3.63) is 35.4 Å². The van der Waals surface area contributed by atoms with Gasteiger partial charge in [0.05, 0.1) is 6.10 Å². The Labute approximate surface area is 95.1 Å². The van der Waals surface area contributed by atoms with E-state index in [-0.39, 0.29) is 11.0 Å². The molecule has 1 aromatic carbocycles. The summed E-state index contributed by atoms with van der Waals surface area (Å²) in [5.41, 5.74) is 0.120. The first-order valence-corrected chi connectivity index (χ1v) is 5.43. The van der Waals surface area contributed by atoms with Crippen molar-refractivity contribution < 1.29 is 13.9 Å². The molecule has 0 fully saturated rings. The van der Waals surface area contributed by atoms with Crippen molar-refractivity contribution in [1.29, 1.82) is 0 Å². The quantitative estimate of drug-likeness (QED) is 0.833. The minimum atomic E-state index is -0.941. The molecule has 0 amide bonds. The summed E-state index contributed by atoms with van der Waals surface area (Å²) < 4.78 is 26.3. The number of rotatable bonds is 3. The van der Waals surface area contributed by atoms with Crippen LogP contribution in [0.2, 0.25) is 0 Å². The molecule has 0 aromatic heterocycles. The van der Waals surface area contributed by atoms with Crippen LogP contribution in [0.3, 0.4) is 0 Å². The number of hydrogen-bond acceptors (Lipinski definition) is 1. The zero-order valence-electron chi connectivity index (χ0n) is 9.93. The zero-order valence-corrected chi connectivity index (χ0v) is 9.93. The standard InChI is InChI=1S/C13H18F2O/c1-13(2,3)8-7-11(16)9-5-4-6-10(14)12(9)15/h4-6,11,16H,7-8H2,1-3H3/t11-/m0/s1. The van der Waals surface area contributed by atoms with E-state index in [9.17, 15) is 13.9 Å². The van der Waals surface area contributed by atoms with Crippen LogP contribution in [0.5, 0.6) is 0 Å². The maximum Gasteiger partial charge on any atom is 0.164 e. The van der Waals surface area contributed by atoms with Gasteiger partial charge in [0.15, 0.2) is 11.6 Å². The normalized spacial score (nSPS) is 13.9. The number of aliphatic hydroxyl groups is 1. The molecular formula is C13H18F2O. The highest BCUT2D eigenvalue weighted by atomic mass is 19.2. The molecule has 0 aliphatic rings. The average Bonchev–Trinajstić information content (AvgIpc) is 2.17. The molecule has 0 aliphatic heterocycles. The number of aliphatic hydroxyl groups excluding tert-OH is 1. The fourth-order valence-corrected chi connectivity index (χ4v) is 1.50. The van der Waals surface area contributed by atoms with Crippen LogP contribution < -0.4 is 0 Å². The van der Waals surface area contributed by atoms with Gasteiger partial charge in [0.2, 0.25) is 0 Å². The lowest BCUT2D eigenvalue weighted by atomic mass is 9.88. The molecule has 0 spiro atoms. The summed E-state index contributed by atoms with van der Waals surface area (Å²) in [6, 6.07) is 3.88. The minimum absolute atomic E-state index is 0.0456. The molecule has 1 nitrogen and oxygen atoms in total. The fourth-order valence-electron chi connectivity index (χ4n) is 1.50. The second-order valence-electron chi connectivity index (χ2n) is 5.26. The lowest BCUT2D eigenvalue weighted by molar-refractivity contribution is 0.142. The maximum atomic E-state index is 13.3. The molecule has 0 radical (unpaired) electrons. The minimum Gasteiger partial charge on any atom is -0.388 e. The van der Waals surface area contributed by atoms with Gasteiger partial charge in [0, 0.05) is 5.56 Å². The van der Waals surface area contributed by atoms with E-state index in [4.69, 9.17) is 0 Å². The summed E-state index contributed by atoms with van der Waals surface area (Å²) in [6.45, 7) is 6.13. The van der Waals surface area contributed by atoms with Gasteiger partial charge in [-0.3, -0.25) is 0 Å². The van der Waals surface area contributed by atoms with Crippen molar-refractivity contribution in [3.63, 3.8) is 0 Å². The first-order valence-electron chi connectivity index (χ1n) is 5.43. The van der Waals surface area contributed by atoms with E-state index in [1.165, 1.54) is 12.1 Å². The smallest absolute Gasteiger partial charge is 0.164 e. The van der Waals surface area contributed by atoms with Gasteiger partial charge in [0.25, 0.3) is 0 Å². The Bertz CT molecular complexity index is 355. The summed E-state index contributed by atoms with van der Waals surface area (Å²) in [7, 11) is 0. The molecule has 1 rings (SSSR count). The summed E-state index contributed by atoms with van der Waals surface area (Å²) >= 11 is 0. The van der Waals surface area contributed by atoms with E-state index in [1.807, 2.05) is 20.8 Å². The van der Waals surface area contributed by atoms with Crippen molar-refractivity contribution in [2.45, 2.75) is 39.7 Å². The molecule has 16 heavy (non-hydrogen) atoms. The van der Waals surface area contributed by atoms with Crippen molar-refractivity contribution in [2.24, 2.45) is 5.41 Å². The molecule has 1 N–H and O–H groups in total. The molecule has 90 valence electrons. The summed E-state index contributed by atoms with van der Waals surface area (Å²) in [5.74, 6) is -1.85. The number of hydrogen-bond donors (Lipinski definition) is 1. The second-order valence-corrected chi connectivity index (χ2v) is 5.26. The Morgan fingerprint density at radius 3 is 2.44 bits per heavy atom. The summed E-state index contributed by atoms with van der Waals surface area (Å²) in [5, 5.41) is 9.78. The van der Waals surface area contributed by atoms with Crippen molar-refractivity contribution in [3.8, 4) is 0 Å². The van der Waals surface area contributed by atoms with Gasteiger partial charge in [-0.25, -0.2) is 8.78 Å². The maximum absolute atomic E-state index is 13.3. The van der Waals surface area contributed by atoms with E-state index in [0.717, 1.165) is 12.5 Å². The Kier molecular flexibility index (Phi) is 4.03. The lowest BCUT2D eigenvalue weighted by Crippen LogP contribution is -2.09. The third-order valence-electron chi connectivity index (χ3n) is 2.51. The monoisotopic (exact) mass is 228 g/mol. The predicted octanol–water partition coefficient (Wildman–Crippen LogP) is 3.82. The molecule has 0 heterocycles. The molecule has 0 bridgehead atoms. The highest BCUT2D eigenvalue weighted by molar-refractivity contribution is 5.21. The van der Waals surface area contributed by atoms with Gasteiger partial charge < -0.3 is 5.11 Å². The largest absolute Gasteiger partial charge is 0.388 e. The molecule has 0 saturated heterocycles. The Hall–Kier alpha value is -0.960. The van der Waals surface area contributed by atoms with Crippen LogP contribution in [0.25, 0.3) is 0 Å². The van der Waals surface area contributed by atoms with E-state index < -0.39 is 17.7 Å². The highest BCUT2D eigenvalue weighted by Gasteiger charge is 2.18. The third-order valence-corrected chi connectivity index (χ3v) is 2.51. The van der Waals surface area contributed by atoms with Crippen LogP contribution in [-0.2, 0) is 0 Å². The van der Waals surface area contributed by atoms with Gasteiger partial charge in [0.1, 0.15) is 0 Å². The summed E-state index contributed by atoms with van der Waals surface area (Å²) in [6.07, 6.45) is 0.253. The van der Waals surface area contributed by atoms with Crippen LogP contribution in [0.15, 0.2) is 18.2 Å². The van der Waals surface area contributed by atoms with E-state index in [1.54, 1.807) is 0 Å². The van der Waals surface area contributed by atoms with Crippen molar-refractivity contribution in [2.75, 3.05) is 0 Å². The van der Waals surface area contributed by atoms with Crippen molar-refractivity contribution in [1.82, 2.24) is 0 Å². The molecule has 0 saturated carbocycles. The van der Waals surface area contributed by atoms with Crippen LogP contribution in [-0.4, -0.2) is 5.11 Å². The Morgan fingerprint density at radius 2 is 1.88 bits per heavy atom.